The number of carbonyl (C=O) groups excluding carboxylic acids is 1. The molecule has 2 aromatic rings. The minimum Gasteiger partial charge on any atom is -0.342 e. The Kier molecular flexibility index (Phi) is 7.14. The Balaban J connectivity index is 1.85. The van der Waals surface area contributed by atoms with E-state index in [9.17, 15) is 13.2 Å². The third-order valence-corrected chi connectivity index (χ3v) is 7.71. The fourth-order valence-corrected chi connectivity index (χ4v) is 5.03. The summed E-state index contributed by atoms with van der Waals surface area (Å²) in [6.07, 6.45) is 1.92. The lowest BCUT2D eigenvalue weighted by Gasteiger charge is -2.32. The first-order chi connectivity index (χ1) is 13.8. The Morgan fingerprint density at radius 2 is 1.66 bits per heavy atom. The van der Waals surface area contributed by atoms with E-state index in [-0.39, 0.29) is 23.9 Å². The second kappa shape index (κ2) is 9.41. The Hall–Kier alpha value is -1.70. The Labute approximate surface area is 181 Å². The lowest BCUT2D eigenvalue weighted by Crippen LogP contribution is -2.45. The summed E-state index contributed by atoms with van der Waals surface area (Å²) in [5.41, 5.74) is 1.82. The summed E-state index contributed by atoms with van der Waals surface area (Å²) in [4.78, 5) is 14.9. The van der Waals surface area contributed by atoms with Crippen molar-refractivity contribution in [3.8, 4) is 0 Å². The van der Waals surface area contributed by atoms with Gasteiger partial charge in [0.15, 0.2) is 0 Å². The van der Waals surface area contributed by atoms with E-state index in [1.54, 1.807) is 29.2 Å². The highest BCUT2D eigenvalue weighted by atomic mass is 79.9. The third kappa shape index (κ3) is 5.68. The molecule has 29 heavy (non-hydrogen) atoms. The van der Waals surface area contributed by atoms with Crippen molar-refractivity contribution >= 4 is 31.9 Å². The second-order valence-electron chi connectivity index (χ2n) is 7.78. The molecule has 0 aromatic heterocycles. The van der Waals surface area contributed by atoms with Crippen LogP contribution in [0.25, 0.3) is 0 Å². The SMILES string of the molecule is Cc1ccc(S(=O)(=O)N(CC(=O)N2CCC(C)CC2)Cc2ccc(Br)cc2)cc1. The van der Waals surface area contributed by atoms with Crippen LogP contribution in [0, 0.1) is 12.8 Å². The second-order valence-corrected chi connectivity index (χ2v) is 10.6. The molecule has 1 saturated heterocycles. The molecule has 1 aliphatic rings. The quantitative estimate of drug-likeness (QED) is 0.624. The fourth-order valence-electron chi connectivity index (χ4n) is 3.39. The van der Waals surface area contributed by atoms with Crippen LogP contribution in [-0.2, 0) is 21.4 Å². The van der Waals surface area contributed by atoms with Crippen LogP contribution in [0.2, 0.25) is 0 Å². The van der Waals surface area contributed by atoms with Crippen molar-refractivity contribution in [2.24, 2.45) is 5.92 Å². The van der Waals surface area contributed by atoms with Gasteiger partial charge in [-0.3, -0.25) is 4.79 Å². The highest BCUT2D eigenvalue weighted by Gasteiger charge is 2.29. The molecule has 1 heterocycles. The number of aryl methyl sites for hydroxylation is 1. The molecular weight excluding hydrogens is 452 g/mol. The first-order valence-corrected chi connectivity index (χ1v) is 12.1. The molecule has 3 rings (SSSR count). The van der Waals surface area contributed by atoms with Crippen molar-refractivity contribution in [3.63, 3.8) is 0 Å². The van der Waals surface area contributed by atoms with Crippen molar-refractivity contribution in [2.75, 3.05) is 19.6 Å². The van der Waals surface area contributed by atoms with Gasteiger partial charge in [-0.05, 0) is 55.5 Å². The minimum atomic E-state index is -3.80. The van der Waals surface area contributed by atoms with Crippen LogP contribution in [0.5, 0.6) is 0 Å². The summed E-state index contributed by atoms with van der Waals surface area (Å²) in [5.74, 6) is 0.471. The maximum Gasteiger partial charge on any atom is 0.243 e. The molecule has 5 nitrogen and oxygen atoms in total. The summed E-state index contributed by atoms with van der Waals surface area (Å²) in [6.45, 7) is 5.48. The predicted octanol–water partition coefficient (Wildman–Crippen LogP) is 4.21. The number of nitrogens with zero attached hydrogens (tertiary/aromatic N) is 2. The van der Waals surface area contributed by atoms with Crippen LogP contribution in [0.15, 0.2) is 57.9 Å². The van der Waals surface area contributed by atoms with Crippen LogP contribution in [0.3, 0.4) is 0 Å². The molecule has 156 valence electrons. The summed E-state index contributed by atoms with van der Waals surface area (Å²) in [6, 6.07) is 14.2. The molecular formula is C22H27BrN2O3S. The van der Waals surface area contributed by atoms with Gasteiger partial charge in [0.25, 0.3) is 0 Å². The first-order valence-electron chi connectivity index (χ1n) is 9.85. The number of benzene rings is 2. The number of hydrogen-bond acceptors (Lipinski definition) is 3. The molecule has 1 aliphatic heterocycles. The number of piperidine rings is 1. The van der Waals surface area contributed by atoms with E-state index in [0.717, 1.165) is 28.4 Å². The molecule has 1 fully saturated rings. The number of rotatable bonds is 6. The molecule has 0 aliphatic carbocycles. The van der Waals surface area contributed by atoms with E-state index in [1.807, 2.05) is 31.2 Å². The van der Waals surface area contributed by atoms with E-state index in [0.29, 0.717) is 19.0 Å². The standard InChI is InChI=1S/C22H27BrN2O3S/c1-17-3-9-21(10-4-17)29(27,28)25(15-19-5-7-20(23)8-6-19)16-22(26)24-13-11-18(2)12-14-24/h3-10,18H,11-16H2,1-2H3. The van der Waals surface area contributed by atoms with Gasteiger partial charge in [-0.25, -0.2) is 8.42 Å². The number of likely N-dealkylation sites (tertiary alicyclic amines) is 1. The minimum absolute atomic E-state index is 0.135. The van der Waals surface area contributed by atoms with Crippen LogP contribution in [0.4, 0.5) is 0 Å². The van der Waals surface area contributed by atoms with Crippen molar-refractivity contribution in [3.05, 3.63) is 64.1 Å². The highest BCUT2D eigenvalue weighted by molar-refractivity contribution is 9.10. The van der Waals surface area contributed by atoms with E-state index >= 15 is 0 Å². The first kappa shape index (κ1) is 22.0. The third-order valence-electron chi connectivity index (χ3n) is 5.38. The number of hydrogen-bond donors (Lipinski definition) is 0. The van der Waals surface area contributed by atoms with Crippen LogP contribution < -0.4 is 0 Å². The summed E-state index contributed by atoms with van der Waals surface area (Å²) < 4.78 is 28.9. The van der Waals surface area contributed by atoms with Gasteiger partial charge in [0.1, 0.15) is 0 Å². The van der Waals surface area contributed by atoms with Gasteiger partial charge in [-0.15, -0.1) is 0 Å². The van der Waals surface area contributed by atoms with Gasteiger partial charge >= 0.3 is 0 Å². The predicted molar refractivity (Wildman–Crippen MR) is 118 cm³/mol. The topological polar surface area (TPSA) is 57.7 Å². The van der Waals surface area contributed by atoms with Crippen molar-refractivity contribution in [2.45, 2.75) is 38.1 Å². The van der Waals surface area contributed by atoms with Crippen LogP contribution in [-0.4, -0.2) is 43.2 Å². The summed E-state index contributed by atoms with van der Waals surface area (Å²) in [5, 5.41) is 0. The van der Waals surface area contributed by atoms with E-state index in [2.05, 4.69) is 22.9 Å². The highest BCUT2D eigenvalue weighted by Crippen LogP contribution is 2.22. The zero-order chi connectivity index (χ0) is 21.0. The van der Waals surface area contributed by atoms with E-state index in [4.69, 9.17) is 0 Å². The zero-order valence-corrected chi connectivity index (χ0v) is 19.2. The molecule has 7 heteroatoms. The Morgan fingerprint density at radius 3 is 2.24 bits per heavy atom. The van der Waals surface area contributed by atoms with Crippen molar-refractivity contribution < 1.29 is 13.2 Å². The molecule has 0 atom stereocenters. The lowest BCUT2D eigenvalue weighted by atomic mass is 9.99. The average Bonchev–Trinajstić information content (AvgIpc) is 2.70. The van der Waals surface area contributed by atoms with E-state index < -0.39 is 10.0 Å². The average molecular weight is 479 g/mol. The van der Waals surface area contributed by atoms with Gasteiger partial charge < -0.3 is 4.90 Å². The van der Waals surface area contributed by atoms with Crippen molar-refractivity contribution in [1.29, 1.82) is 0 Å². The van der Waals surface area contributed by atoms with Crippen LogP contribution >= 0.6 is 15.9 Å². The number of carbonyl (C=O) groups is 1. The van der Waals surface area contributed by atoms with Gasteiger partial charge in [-0.1, -0.05) is 52.7 Å². The molecule has 0 N–H and O–H groups in total. The molecule has 0 radical (unpaired) electrons. The monoisotopic (exact) mass is 478 g/mol. The van der Waals surface area contributed by atoms with Crippen LogP contribution in [0.1, 0.15) is 30.9 Å². The van der Waals surface area contributed by atoms with Gasteiger partial charge in [0.2, 0.25) is 15.9 Å². The number of amides is 1. The molecule has 0 unspecified atom stereocenters. The maximum atomic E-state index is 13.3. The molecule has 2 aromatic carbocycles. The zero-order valence-electron chi connectivity index (χ0n) is 16.8. The fraction of sp³-hybridized carbons (Fsp3) is 0.409. The van der Waals surface area contributed by atoms with Crippen molar-refractivity contribution in [1.82, 2.24) is 9.21 Å². The maximum absolute atomic E-state index is 13.3. The Bertz CT molecular complexity index is 935. The Morgan fingerprint density at radius 1 is 1.07 bits per heavy atom. The van der Waals surface area contributed by atoms with E-state index in [1.165, 1.54) is 4.31 Å². The molecule has 1 amide bonds. The summed E-state index contributed by atoms with van der Waals surface area (Å²) in [7, 11) is -3.80. The van der Waals surface area contributed by atoms with Gasteiger partial charge in [0.05, 0.1) is 11.4 Å². The molecule has 0 spiro atoms. The van der Waals surface area contributed by atoms with Gasteiger partial charge in [0, 0.05) is 24.1 Å². The normalized spacial score (nSPS) is 15.7. The lowest BCUT2D eigenvalue weighted by molar-refractivity contribution is -0.132. The smallest absolute Gasteiger partial charge is 0.243 e. The molecule has 0 bridgehead atoms. The number of sulfonamides is 1. The summed E-state index contributed by atoms with van der Waals surface area (Å²) >= 11 is 3.40. The largest absolute Gasteiger partial charge is 0.342 e. The van der Waals surface area contributed by atoms with Gasteiger partial charge in [-0.2, -0.15) is 4.31 Å². The molecule has 0 saturated carbocycles. The number of halogens is 1.